The average molecular weight is 443 g/mol. The second kappa shape index (κ2) is 7.23. The lowest BCUT2D eigenvalue weighted by Gasteiger charge is -2.38. The molecular formula is C15H30IN3O2S. The van der Waals surface area contributed by atoms with Crippen LogP contribution in [0.3, 0.4) is 0 Å². The van der Waals surface area contributed by atoms with Crippen LogP contribution in [-0.2, 0) is 9.84 Å². The van der Waals surface area contributed by atoms with E-state index in [-0.39, 0.29) is 29.7 Å². The minimum absolute atomic E-state index is 0. The van der Waals surface area contributed by atoms with Crippen LogP contribution in [0.2, 0.25) is 0 Å². The summed E-state index contributed by atoms with van der Waals surface area (Å²) in [5, 5.41) is 3.22. The topological polar surface area (TPSA) is 61.8 Å². The highest BCUT2D eigenvalue weighted by molar-refractivity contribution is 14.0. The normalized spacial score (nSPS) is 21.5. The lowest BCUT2D eigenvalue weighted by molar-refractivity contribution is 0.151. The van der Waals surface area contributed by atoms with Crippen molar-refractivity contribution in [2.45, 2.75) is 51.2 Å². The standard InChI is InChI=1S/C15H29N3O2S.HI/c1-14(2,3)21(19,20)11-9-17-13(16-4)18-10-8-15(12-18)6-5-7-15;/h5-12H2,1-4H3,(H,16,17);1H. The van der Waals surface area contributed by atoms with E-state index in [0.29, 0.717) is 12.0 Å². The first-order valence-electron chi connectivity index (χ1n) is 7.87. The maximum Gasteiger partial charge on any atom is 0.193 e. The van der Waals surface area contributed by atoms with E-state index >= 15 is 0 Å². The Labute approximate surface area is 152 Å². The zero-order valence-electron chi connectivity index (χ0n) is 14.2. The van der Waals surface area contributed by atoms with Crippen molar-refractivity contribution in [2.24, 2.45) is 10.4 Å². The number of hydrogen-bond acceptors (Lipinski definition) is 3. The van der Waals surface area contributed by atoms with E-state index < -0.39 is 14.6 Å². The molecular weight excluding hydrogens is 413 g/mol. The maximum absolute atomic E-state index is 12.1. The van der Waals surface area contributed by atoms with E-state index in [1.165, 1.54) is 25.7 Å². The summed E-state index contributed by atoms with van der Waals surface area (Å²) >= 11 is 0. The zero-order chi connectivity index (χ0) is 15.7. The Hall–Kier alpha value is -0.0500. The van der Waals surface area contributed by atoms with Gasteiger partial charge >= 0.3 is 0 Å². The van der Waals surface area contributed by atoms with Crippen molar-refractivity contribution in [1.82, 2.24) is 10.2 Å². The maximum atomic E-state index is 12.1. The van der Waals surface area contributed by atoms with Crippen LogP contribution < -0.4 is 5.32 Å². The first kappa shape index (κ1) is 20.0. The van der Waals surface area contributed by atoms with Gasteiger partial charge in [0.2, 0.25) is 0 Å². The second-order valence-electron chi connectivity index (χ2n) is 7.43. The monoisotopic (exact) mass is 443 g/mol. The summed E-state index contributed by atoms with van der Waals surface area (Å²) in [4.78, 5) is 6.59. The van der Waals surface area contributed by atoms with Gasteiger partial charge in [0.25, 0.3) is 0 Å². The first-order chi connectivity index (χ1) is 9.69. The molecule has 0 bridgehead atoms. The van der Waals surface area contributed by atoms with E-state index in [9.17, 15) is 8.42 Å². The van der Waals surface area contributed by atoms with Crippen molar-refractivity contribution in [3.8, 4) is 0 Å². The van der Waals surface area contributed by atoms with Gasteiger partial charge in [0.15, 0.2) is 15.8 Å². The summed E-state index contributed by atoms with van der Waals surface area (Å²) < 4.78 is 23.5. The number of rotatable bonds is 3. The molecule has 0 unspecified atom stereocenters. The van der Waals surface area contributed by atoms with Gasteiger partial charge in [0, 0.05) is 26.7 Å². The molecule has 1 saturated carbocycles. The van der Waals surface area contributed by atoms with Crippen LogP contribution >= 0.6 is 24.0 Å². The summed E-state index contributed by atoms with van der Waals surface area (Å²) in [6.07, 6.45) is 5.26. The molecule has 130 valence electrons. The summed E-state index contributed by atoms with van der Waals surface area (Å²) in [6.45, 7) is 7.77. The largest absolute Gasteiger partial charge is 0.355 e. The number of aliphatic imine (C=N–C) groups is 1. The third-order valence-corrected chi connectivity index (χ3v) is 7.56. The van der Waals surface area contributed by atoms with Gasteiger partial charge in [-0.3, -0.25) is 4.99 Å². The van der Waals surface area contributed by atoms with Crippen molar-refractivity contribution >= 4 is 39.8 Å². The summed E-state index contributed by atoms with van der Waals surface area (Å²) in [6, 6.07) is 0. The van der Waals surface area contributed by atoms with Crippen LogP contribution in [0, 0.1) is 5.41 Å². The van der Waals surface area contributed by atoms with Gasteiger partial charge in [0.05, 0.1) is 10.5 Å². The fourth-order valence-electron chi connectivity index (χ4n) is 3.14. The molecule has 0 aromatic rings. The zero-order valence-corrected chi connectivity index (χ0v) is 17.3. The summed E-state index contributed by atoms with van der Waals surface area (Å²) in [7, 11) is -1.31. The molecule has 1 aliphatic carbocycles. The Balaban J connectivity index is 0.00000242. The lowest BCUT2D eigenvalue weighted by atomic mass is 9.68. The first-order valence-corrected chi connectivity index (χ1v) is 9.52. The van der Waals surface area contributed by atoms with Gasteiger partial charge in [-0.15, -0.1) is 24.0 Å². The smallest absolute Gasteiger partial charge is 0.193 e. The molecule has 0 atom stereocenters. The van der Waals surface area contributed by atoms with E-state index in [0.717, 1.165) is 19.0 Å². The molecule has 1 saturated heterocycles. The van der Waals surface area contributed by atoms with Gasteiger partial charge in [-0.2, -0.15) is 0 Å². The molecule has 5 nitrogen and oxygen atoms in total. The minimum atomic E-state index is -3.08. The Kier molecular flexibility index (Phi) is 6.58. The molecule has 0 amide bonds. The molecule has 7 heteroatoms. The average Bonchev–Trinajstić information content (AvgIpc) is 2.78. The van der Waals surface area contributed by atoms with E-state index in [4.69, 9.17) is 0 Å². The van der Waals surface area contributed by atoms with Crippen molar-refractivity contribution in [3.63, 3.8) is 0 Å². The molecule has 0 aromatic carbocycles. The molecule has 1 aliphatic heterocycles. The van der Waals surface area contributed by atoms with Gasteiger partial charge < -0.3 is 10.2 Å². The SMILES string of the molecule is CN=C(NCCS(=O)(=O)C(C)(C)C)N1CCC2(CCC2)C1.I. The van der Waals surface area contributed by atoms with Gasteiger partial charge in [-0.25, -0.2) is 8.42 Å². The van der Waals surface area contributed by atoms with Crippen molar-refractivity contribution in [2.75, 3.05) is 32.4 Å². The highest BCUT2D eigenvalue weighted by Gasteiger charge is 2.43. The molecule has 1 N–H and O–H groups in total. The molecule has 0 aromatic heterocycles. The molecule has 1 heterocycles. The Morgan fingerprint density at radius 3 is 2.32 bits per heavy atom. The number of sulfone groups is 1. The van der Waals surface area contributed by atoms with Crippen LogP contribution in [0.25, 0.3) is 0 Å². The van der Waals surface area contributed by atoms with Crippen LogP contribution in [0.4, 0.5) is 0 Å². The van der Waals surface area contributed by atoms with Crippen LogP contribution in [0.15, 0.2) is 4.99 Å². The number of guanidine groups is 1. The molecule has 2 aliphatic rings. The lowest BCUT2D eigenvalue weighted by Crippen LogP contribution is -2.44. The third-order valence-electron chi connectivity index (χ3n) is 4.95. The van der Waals surface area contributed by atoms with Crippen molar-refractivity contribution in [1.29, 1.82) is 0 Å². The predicted octanol–water partition coefficient (Wildman–Crippen LogP) is 2.27. The molecule has 1 spiro atoms. The predicted molar refractivity (Wildman–Crippen MR) is 103 cm³/mol. The van der Waals surface area contributed by atoms with Gasteiger partial charge in [-0.05, 0) is 45.4 Å². The van der Waals surface area contributed by atoms with E-state index in [1.54, 1.807) is 27.8 Å². The highest BCUT2D eigenvalue weighted by Crippen LogP contribution is 2.47. The van der Waals surface area contributed by atoms with E-state index in [1.807, 2.05) is 0 Å². The fraction of sp³-hybridized carbons (Fsp3) is 0.933. The Morgan fingerprint density at radius 1 is 1.27 bits per heavy atom. The second-order valence-corrected chi connectivity index (χ2v) is 10.3. The molecule has 0 radical (unpaired) electrons. The summed E-state index contributed by atoms with van der Waals surface area (Å²) in [5.41, 5.74) is 0.523. The van der Waals surface area contributed by atoms with Crippen LogP contribution in [-0.4, -0.2) is 56.5 Å². The van der Waals surface area contributed by atoms with E-state index in [2.05, 4.69) is 15.2 Å². The number of halogens is 1. The summed E-state index contributed by atoms with van der Waals surface area (Å²) in [5.74, 6) is 0.997. The number of likely N-dealkylation sites (tertiary alicyclic amines) is 1. The molecule has 2 rings (SSSR count). The number of hydrogen-bond donors (Lipinski definition) is 1. The van der Waals surface area contributed by atoms with Crippen LogP contribution in [0.5, 0.6) is 0 Å². The Morgan fingerprint density at radius 2 is 1.91 bits per heavy atom. The molecule has 22 heavy (non-hydrogen) atoms. The van der Waals surface area contributed by atoms with Crippen molar-refractivity contribution in [3.05, 3.63) is 0 Å². The third kappa shape index (κ3) is 4.27. The van der Waals surface area contributed by atoms with Gasteiger partial charge in [0.1, 0.15) is 0 Å². The quantitative estimate of drug-likeness (QED) is 0.413. The van der Waals surface area contributed by atoms with Crippen LogP contribution in [0.1, 0.15) is 46.5 Å². The molecule has 2 fully saturated rings. The minimum Gasteiger partial charge on any atom is -0.355 e. The number of nitrogens with zero attached hydrogens (tertiary/aromatic N) is 2. The Bertz CT molecular complexity index is 507. The fourth-order valence-corrected chi connectivity index (χ4v) is 4.12. The number of nitrogens with one attached hydrogen (secondary N) is 1. The van der Waals surface area contributed by atoms with Gasteiger partial charge in [-0.1, -0.05) is 6.42 Å². The van der Waals surface area contributed by atoms with Crippen molar-refractivity contribution < 1.29 is 8.42 Å². The highest BCUT2D eigenvalue weighted by atomic mass is 127.